The molecule has 0 unspecified atom stereocenters. The molecular formula is C22H28FN7O. The summed E-state index contributed by atoms with van der Waals surface area (Å²) in [6.45, 7) is 8.78. The average Bonchev–Trinajstić information content (AvgIpc) is 3.24. The molecule has 5 rings (SSSR count). The van der Waals surface area contributed by atoms with Crippen molar-refractivity contribution in [1.29, 1.82) is 0 Å². The minimum atomic E-state index is -1.03. The molecule has 0 spiro atoms. The number of piperidine rings is 1. The van der Waals surface area contributed by atoms with E-state index in [9.17, 15) is 5.11 Å². The van der Waals surface area contributed by atoms with Crippen molar-refractivity contribution in [2.45, 2.75) is 63.8 Å². The van der Waals surface area contributed by atoms with E-state index in [-0.39, 0.29) is 17.3 Å². The van der Waals surface area contributed by atoms with Crippen molar-refractivity contribution in [2.75, 3.05) is 11.4 Å². The molecule has 0 saturated carbocycles. The minimum absolute atomic E-state index is 0.0859. The number of hydrogen-bond acceptors (Lipinski definition) is 7. The zero-order valence-electron chi connectivity index (χ0n) is 18.5. The molecule has 9 heteroatoms. The van der Waals surface area contributed by atoms with Gasteiger partial charge in [0.15, 0.2) is 5.82 Å². The highest BCUT2D eigenvalue weighted by Crippen LogP contribution is 2.40. The summed E-state index contributed by atoms with van der Waals surface area (Å²) in [5, 5.41) is 31.4. The number of aromatic hydroxyl groups is 1. The molecule has 1 aromatic carbocycles. The maximum Gasteiger partial charge on any atom is 0.154 e. The summed E-state index contributed by atoms with van der Waals surface area (Å²) in [4.78, 5) is 3.54. The lowest BCUT2D eigenvalue weighted by atomic mass is 9.77. The number of hydrogen-bond donors (Lipinski definition) is 2. The third-order valence-electron chi connectivity index (χ3n) is 6.43. The summed E-state index contributed by atoms with van der Waals surface area (Å²) >= 11 is 0. The van der Waals surface area contributed by atoms with Crippen molar-refractivity contribution >= 4 is 16.9 Å². The van der Waals surface area contributed by atoms with Crippen LogP contribution in [0.1, 0.15) is 39.7 Å². The fourth-order valence-electron chi connectivity index (χ4n) is 5.28. The second-order valence-corrected chi connectivity index (χ2v) is 9.97. The van der Waals surface area contributed by atoms with Crippen LogP contribution in [-0.4, -0.2) is 60.1 Å². The molecule has 0 bridgehead atoms. The summed E-state index contributed by atoms with van der Waals surface area (Å²) < 4.78 is 15.5. The minimum Gasteiger partial charge on any atom is -0.507 e. The van der Waals surface area contributed by atoms with E-state index in [2.05, 4.69) is 44.5 Å². The molecule has 31 heavy (non-hydrogen) atoms. The first-order valence-electron chi connectivity index (χ1n) is 10.7. The third kappa shape index (κ3) is 3.31. The van der Waals surface area contributed by atoms with Crippen LogP contribution in [0.5, 0.6) is 5.75 Å². The van der Waals surface area contributed by atoms with E-state index in [0.717, 1.165) is 17.8 Å². The first-order chi connectivity index (χ1) is 14.5. The van der Waals surface area contributed by atoms with E-state index < -0.39 is 11.7 Å². The van der Waals surface area contributed by atoms with Crippen LogP contribution in [0.4, 0.5) is 10.2 Å². The summed E-state index contributed by atoms with van der Waals surface area (Å²) in [5.74, 6) is 0.827. The Kier molecular flexibility index (Phi) is 4.28. The molecule has 2 N–H and O–H groups in total. The Morgan fingerprint density at radius 1 is 1.10 bits per heavy atom. The maximum atomic E-state index is 15.5. The number of alkyl halides is 1. The van der Waals surface area contributed by atoms with Crippen LogP contribution >= 0.6 is 0 Å². The number of fused-ring (bicyclic) bond motifs is 2. The van der Waals surface area contributed by atoms with Gasteiger partial charge in [-0.3, -0.25) is 0 Å². The number of nitrogens with zero attached hydrogens (tertiary/aromatic N) is 6. The molecule has 0 aliphatic carbocycles. The highest BCUT2D eigenvalue weighted by molar-refractivity contribution is 5.84. The Balaban J connectivity index is 1.50. The van der Waals surface area contributed by atoms with Gasteiger partial charge in [-0.15, -0.1) is 10.2 Å². The number of phenolic OH excluding ortho intramolecular Hbond substituents is 1. The van der Waals surface area contributed by atoms with E-state index in [1.54, 1.807) is 19.2 Å². The van der Waals surface area contributed by atoms with Gasteiger partial charge in [-0.05, 0) is 52.7 Å². The Morgan fingerprint density at radius 3 is 2.55 bits per heavy atom. The molecule has 2 aliphatic rings. The SMILES string of the molecule is Cn1nc2cc(O)c(-c3cc4c(nn3)N([C@H]3CC(C)(C)NC(C)(C)[C@H]3F)CC4)cc2n1. The molecule has 0 radical (unpaired) electrons. The molecular weight excluding hydrogens is 397 g/mol. The van der Waals surface area contributed by atoms with Crippen molar-refractivity contribution in [3.05, 3.63) is 23.8 Å². The highest BCUT2D eigenvalue weighted by Gasteiger charge is 2.49. The van der Waals surface area contributed by atoms with Gasteiger partial charge in [0.1, 0.15) is 23.0 Å². The van der Waals surface area contributed by atoms with Crippen LogP contribution in [0, 0.1) is 0 Å². The second kappa shape index (κ2) is 6.59. The number of rotatable bonds is 2. The van der Waals surface area contributed by atoms with Crippen LogP contribution in [-0.2, 0) is 13.5 Å². The molecule has 8 nitrogen and oxygen atoms in total. The van der Waals surface area contributed by atoms with Crippen molar-refractivity contribution in [3.63, 3.8) is 0 Å². The summed E-state index contributed by atoms with van der Waals surface area (Å²) in [5.41, 5.74) is 2.66. The smallest absolute Gasteiger partial charge is 0.154 e. The van der Waals surface area contributed by atoms with E-state index in [0.29, 0.717) is 35.3 Å². The van der Waals surface area contributed by atoms with Crippen LogP contribution in [0.3, 0.4) is 0 Å². The van der Waals surface area contributed by atoms with Gasteiger partial charge < -0.3 is 15.3 Å². The number of nitrogens with one attached hydrogen (secondary N) is 1. The number of benzene rings is 1. The van der Waals surface area contributed by atoms with E-state index >= 15 is 4.39 Å². The molecule has 0 amide bonds. The fraction of sp³-hybridized carbons (Fsp3) is 0.545. The summed E-state index contributed by atoms with van der Waals surface area (Å²) in [7, 11) is 1.74. The van der Waals surface area contributed by atoms with E-state index in [4.69, 9.17) is 0 Å². The normalized spacial score (nSPS) is 24.5. The van der Waals surface area contributed by atoms with Crippen LogP contribution in [0.25, 0.3) is 22.3 Å². The predicted molar refractivity (Wildman–Crippen MR) is 117 cm³/mol. The fourth-order valence-corrected chi connectivity index (χ4v) is 5.28. The number of aryl methyl sites for hydroxylation is 1. The lowest BCUT2D eigenvalue weighted by Crippen LogP contribution is -2.69. The van der Waals surface area contributed by atoms with E-state index in [1.165, 1.54) is 4.80 Å². The van der Waals surface area contributed by atoms with Gasteiger partial charge in [-0.2, -0.15) is 15.0 Å². The standard InChI is InChI=1S/C22H28FN7O/c1-21(2)11-17(19(23)22(3,4)28-21)30-7-6-12-8-14(24-25-20(12)30)13-9-15-16(10-18(13)31)27-29(5)26-15/h8-10,17,19,28,31H,6-7,11H2,1-5H3/t17-,19-/m0/s1. The zero-order valence-corrected chi connectivity index (χ0v) is 18.5. The maximum absolute atomic E-state index is 15.5. The van der Waals surface area contributed by atoms with Crippen molar-refractivity contribution in [3.8, 4) is 17.0 Å². The number of aromatic nitrogens is 5. The van der Waals surface area contributed by atoms with Crippen LogP contribution in [0.15, 0.2) is 18.2 Å². The van der Waals surface area contributed by atoms with Crippen molar-refractivity contribution in [2.24, 2.45) is 7.05 Å². The molecule has 1 fully saturated rings. The summed E-state index contributed by atoms with van der Waals surface area (Å²) in [6, 6.07) is 5.05. The Morgan fingerprint density at radius 2 is 1.81 bits per heavy atom. The summed E-state index contributed by atoms with van der Waals surface area (Å²) in [6.07, 6.45) is 0.421. The Labute approximate surface area is 180 Å². The average molecular weight is 426 g/mol. The largest absolute Gasteiger partial charge is 0.507 e. The van der Waals surface area contributed by atoms with Gasteiger partial charge >= 0.3 is 0 Å². The quantitative estimate of drug-likeness (QED) is 0.652. The molecule has 2 atom stereocenters. The molecule has 3 aromatic rings. The third-order valence-corrected chi connectivity index (χ3v) is 6.43. The first kappa shape index (κ1) is 20.1. The first-order valence-corrected chi connectivity index (χ1v) is 10.7. The number of anilines is 1. The van der Waals surface area contributed by atoms with Gasteiger partial charge in [-0.25, -0.2) is 4.39 Å². The molecule has 2 aliphatic heterocycles. The van der Waals surface area contributed by atoms with E-state index in [1.807, 2.05) is 19.9 Å². The molecule has 4 heterocycles. The predicted octanol–water partition coefficient (Wildman–Crippen LogP) is 2.75. The van der Waals surface area contributed by atoms with Gasteiger partial charge in [0.05, 0.1) is 11.7 Å². The van der Waals surface area contributed by atoms with Crippen molar-refractivity contribution in [1.82, 2.24) is 30.5 Å². The molecule has 1 saturated heterocycles. The van der Waals surface area contributed by atoms with Gasteiger partial charge in [-0.1, -0.05) is 0 Å². The topological polar surface area (TPSA) is 92.0 Å². The number of halogens is 1. The van der Waals surface area contributed by atoms with Gasteiger partial charge in [0.2, 0.25) is 0 Å². The zero-order chi connectivity index (χ0) is 22.1. The van der Waals surface area contributed by atoms with Crippen LogP contribution < -0.4 is 10.2 Å². The van der Waals surface area contributed by atoms with Gasteiger partial charge in [0.25, 0.3) is 0 Å². The highest BCUT2D eigenvalue weighted by atomic mass is 19.1. The van der Waals surface area contributed by atoms with Crippen molar-refractivity contribution < 1.29 is 9.50 Å². The lowest BCUT2D eigenvalue weighted by Gasteiger charge is -2.51. The van der Waals surface area contributed by atoms with Gasteiger partial charge in [0, 0.05) is 41.9 Å². The second-order valence-electron chi connectivity index (χ2n) is 9.97. The lowest BCUT2D eigenvalue weighted by molar-refractivity contribution is 0.0555. The Bertz CT molecular complexity index is 1170. The molecule has 164 valence electrons. The molecule has 2 aromatic heterocycles. The van der Waals surface area contributed by atoms with Crippen LogP contribution in [0.2, 0.25) is 0 Å². The number of phenols is 1. The monoisotopic (exact) mass is 425 g/mol. The Hall–Kier alpha value is -2.81.